The Hall–Kier alpha value is -0.580. The quantitative estimate of drug-likeness (QED) is 0.717. The highest BCUT2D eigenvalue weighted by Gasteiger charge is 2.14. The lowest BCUT2D eigenvalue weighted by Gasteiger charge is -2.28. The van der Waals surface area contributed by atoms with Crippen molar-refractivity contribution in [3.8, 4) is 0 Å². The smallest absolute Gasteiger partial charge is 0.0447 e. The Morgan fingerprint density at radius 2 is 2.10 bits per heavy atom. The largest absolute Gasteiger partial charge is 0.396 e. The third kappa shape index (κ3) is 5.08. The number of aliphatic hydroxyl groups excluding tert-OH is 1. The molecule has 0 spiro atoms. The van der Waals surface area contributed by atoms with Gasteiger partial charge in [-0.05, 0) is 50.9 Å². The summed E-state index contributed by atoms with van der Waals surface area (Å²) in [5.74, 6) is 0. The van der Waals surface area contributed by atoms with Gasteiger partial charge in [-0.1, -0.05) is 28.9 Å². The van der Waals surface area contributed by atoms with Gasteiger partial charge >= 0.3 is 0 Å². The Bertz CT molecular complexity index is 398. The highest BCUT2D eigenvalue weighted by molar-refractivity contribution is 9.10. The van der Waals surface area contributed by atoms with Gasteiger partial charge in [0.15, 0.2) is 0 Å². The van der Waals surface area contributed by atoms with E-state index in [0.29, 0.717) is 6.04 Å². The molecule has 1 atom stereocenters. The molecule has 2 N–H and O–H groups in total. The topological polar surface area (TPSA) is 35.5 Å². The lowest BCUT2D eigenvalue weighted by atomic mass is 10.0. The lowest BCUT2D eigenvalue weighted by molar-refractivity contribution is 0.289. The van der Waals surface area contributed by atoms with Crippen LogP contribution in [0.1, 0.15) is 45.2 Å². The molecule has 0 heterocycles. The molecule has 0 bridgehead atoms. The third-order valence-corrected chi connectivity index (χ3v) is 3.96. The zero-order valence-electron chi connectivity index (χ0n) is 12.8. The summed E-state index contributed by atoms with van der Waals surface area (Å²) in [6.07, 6.45) is 1.94. The number of nitrogens with one attached hydrogen (secondary N) is 1. The molecule has 3 nitrogen and oxygen atoms in total. The predicted molar refractivity (Wildman–Crippen MR) is 90.4 cm³/mol. The molecule has 0 fully saturated rings. The van der Waals surface area contributed by atoms with Gasteiger partial charge in [0, 0.05) is 35.9 Å². The molecule has 114 valence electrons. The lowest BCUT2D eigenvalue weighted by Crippen LogP contribution is -2.28. The van der Waals surface area contributed by atoms with E-state index in [-0.39, 0.29) is 6.61 Å². The van der Waals surface area contributed by atoms with Crippen LogP contribution in [-0.2, 0) is 0 Å². The monoisotopic (exact) mass is 342 g/mol. The number of benzene rings is 1. The average molecular weight is 343 g/mol. The van der Waals surface area contributed by atoms with Gasteiger partial charge in [-0.2, -0.15) is 0 Å². The van der Waals surface area contributed by atoms with Crippen LogP contribution in [-0.4, -0.2) is 31.3 Å². The Morgan fingerprint density at radius 3 is 2.70 bits per heavy atom. The van der Waals surface area contributed by atoms with Crippen LogP contribution in [0.3, 0.4) is 0 Å². The van der Waals surface area contributed by atoms with Gasteiger partial charge in [-0.3, -0.25) is 0 Å². The Balaban J connectivity index is 2.98. The van der Waals surface area contributed by atoms with Crippen molar-refractivity contribution in [1.29, 1.82) is 0 Å². The normalized spacial score (nSPS) is 12.4. The van der Waals surface area contributed by atoms with E-state index in [9.17, 15) is 0 Å². The second-order valence-electron chi connectivity index (χ2n) is 5.04. The first-order valence-electron chi connectivity index (χ1n) is 7.52. The van der Waals surface area contributed by atoms with Crippen LogP contribution in [0.25, 0.3) is 0 Å². The molecular formula is C16H27BrN2O. The fourth-order valence-electron chi connectivity index (χ4n) is 2.34. The summed E-state index contributed by atoms with van der Waals surface area (Å²) in [5, 5.41) is 12.6. The number of nitrogens with zero attached hydrogens (tertiary/aromatic N) is 1. The molecule has 20 heavy (non-hydrogen) atoms. The second kappa shape index (κ2) is 9.37. The van der Waals surface area contributed by atoms with Gasteiger partial charge in [0.25, 0.3) is 0 Å². The van der Waals surface area contributed by atoms with Crippen LogP contribution in [0.2, 0.25) is 0 Å². The van der Waals surface area contributed by atoms with Crippen molar-refractivity contribution >= 4 is 21.6 Å². The van der Waals surface area contributed by atoms with E-state index in [2.05, 4.69) is 65.1 Å². The van der Waals surface area contributed by atoms with E-state index < -0.39 is 0 Å². The SMILES string of the molecule is CCCNC(C)c1ccc(Br)cc1N(CC)CCCO. The standard InChI is InChI=1S/C16H27BrN2O/c1-4-9-18-13(3)15-8-7-14(17)12-16(15)19(5-2)10-6-11-20/h7-8,12-13,18,20H,4-6,9-11H2,1-3H3. The Morgan fingerprint density at radius 1 is 1.35 bits per heavy atom. The number of anilines is 1. The Kier molecular flexibility index (Phi) is 8.19. The number of aliphatic hydroxyl groups is 1. The maximum Gasteiger partial charge on any atom is 0.0447 e. The average Bonchev–Trinajstić information content (AvgIpc) is 2.45. The molecule has 4 heteroatoms. The highest BCUT2D eigenvalue weighted by Crippen LogP contribution is 2.30. The number of hydrogen-bond donors (Lipinski definition) is 2. The van der Waals surface area contributed by atoms with E-state index in [1.807, 2.05) is 0 Å². The van der Waals surface area contributed by atoms with E-state index in [1.165, 1.54) is 11.3 Å². The molecule has 0 saturated carbocycles. The minimum absolute atomic E-state index is 0.240. The Labute approximate surface area is 131 Å². The molecule has 0 aliphatic heterocycles. The predicted octanol–water partition coefficient (Wildman–Crippen LogP) is 3.72. The minimum atomic E-state index is 0.240. The van der Waals surface area contributed by atoms with Crippen LogP contribution >= 0.6 is 15.9 Å². The van der Waals surface area contributed by atoms with Crippen molar-refractivity contribution in [3.63, 3.8) is 0 Å². The van der Waals surface area contributed by atoms with Crippen molar-refractivity contribution in [2.75, 3.05) is 31.1 Å². The van der Waals surface area contributed by atoms with Gasteiger partial charge in [0.1, 0.15) is 0 Å². The van der Waals surface area contributed by atoms with Crippen LogP contribution in [0, 0.1) is 0 Å². The van der Waals surface area contributed by atoms with Gasteiger partial charge in [-0.25, -0.2) is 0 Å². The highest BCUT2D eigenvalue weighted by atomic mass is 79.9. The van der Waals surface area contributed by atoms with Crippen molar-refractivity contribution < 1.29 is 5.11 Å². The summed E-state index contributed by atoms with van der Waals surface area (Å²) in [4.78, 5) is 2.33. The first-order valence-corrected chi connectivity index (χ1v) is 8.31. The molecule has 0 saturated heterocycles. The van der Waals surface area contributed by atoms with E-state index in [1.54, 1.807) is 0 Å². The fraction of sp³-hybridized carbons (Fsp3) is 0.625. The van der Waals surface area contributed by atoms with Crippen LogP contribution in [0.15, 0.2) is 22.7 Å². The molecule has 1 aromatic carbocycles. The van der Waals surface area contributed by atoms with Gasteiger partial charge in [0.2, 0.25) is 0 Å². The van der Waals surface area contributed by atoms with E-state index in [4.69, 9.17) is 5.11 Å². The van der Waals surface area contributed by atoms with E-state index >= 15 is 0 Å². The molecule has 0 radical (unpaired) electrons. The van der Waals surface area contributed by atoms with E-state index in [0.717, 1.165) is 36.9 Å². The van der Waals surface area contributed by atoms with Gasteiger partial charge < -0.3 is 15.3 Å². The van der Waals surface area contributed by atoms with Crippen LogP contribution < -0.4 is 10.2 Å². The number of hydrogen-bond acceptors (Lipinski definition) is 3. The second-order valence-corrected chi connectivity index (χ2v) is 5.95. The molecular weight excluding hydrogens is 316 g/mol. The van der Waals surface area contributed by atoms with Crippen molar-refractivity contribution in [2.45, 2.75) is 39.7 Å². The molecule has 0 aliphatic rings. The minimum Gasteiger partial charge on any atom is -0.396 e. The number of halogens is 1. The molecule has 1 aromatic rings. The zero-order valence-corrected chi connectivity index (χ0v) is 14.4. The first-order chi connectivity index (χ1) is 9.63. The van der Waals surface area contributed by atoms with Crippen molar-refractivity contribution in [3.05, 3.63) is 28.2 Å². The maximum atomic E-state index is 9.06. The van der Waals surface area contributed by atoms with Crippen molar-refractivity contribution in [1.82, 2.24) is 5.32 Å². The van der Waals surface area contributed by atoms with Crippen LogP contribution in [0.4, 0.5) is 5.69 Å². The van der Waals surface area contributed by atoms with Gasteiger partial charge in [-0.15, -0.1) is 0 Å². The van der Waals surface area contributed by atoms with Gasteiger partial charge in [0.05, 0.1) is 0 Å². The first kappa shape index (κ1) is 17.5. The molecule has 0 amide bonds. The zero-order chi connectivity index (χ0) is 15.0. The number of rotatable bonds is 9. The summed E-state index contributed by atoms with van der Waals surface area (Å²) < 4.78 is 1.10. The summed E-state index contributed by atoms with van der Waals surface area (Å²) >= 11 is 3.57. The molecule has 0 aliphatic carbocycles. The molecule has 0 aromatic heterocycles. The van der Waals surface area contributed by atoms with Crippen molar-refractivity contribution in [2.24, 2.45) is 0 Å². The molecule has 1 rings (SSSR count). The summed E-state index contributed by atoms with van der Waals surface area (Å²) in [7, 11) is 0. The maximum absolute atomic E-state index is 9.06. The van der Waals surface area contributed by atoms with Crippen LogP contribution in [0.5, 0.6) is 0 Å². The summed E-state index contributed by atoms with van der Waals surface area (Å²) in [6.45, 7) is 9.65. The molecule has 1 unspecified atom stereocenters. The summed E-state index contributed by atoms with van der Waals surface area (Å²) in [5.41, 5.74) is 2.58. The third-order valence-electron chi connectivity index (χ3n) is 3.47. The summed E-state index contributed by atoms with van der Waals surface area (Å²) in [6, 6.07) is 6.80. The fourth-order valence-corrected chi connectivity index (χ4v) is 2.69.